The highest BCUT2D eigenvalue weighted by molar-refractivity contribution is 5.90. The average Bonchev–Trinajstić information content (AvgIpc) is 2.62. The molecule has 0 aromatic carbocycles. The Morgan fingerprint density at radius 1 is 1.61 bits per heavy atom. The van der Waals surface area contributed by atoms with Crippen LogP contribution in [0.2, 0.25) is 0 Å². The second-order valence-corrected chi connectivity index (χ2v) is 5.47. The summed E-state index contributed by atoms with van der Waals surface area (Å²) in [6.45, 7) is 8.53. The molecule has 0 fully saturated rings. The van der Waals surface area contributed by atoms with Gasteiger partial charge >= 0.3 is 5.97 Å². The van der Waals surface area contributed by atoms with E-state index in [0.717, 1.165) is 18.4 Å². The number of rotatable bonds is 3. The summed E-state index contributed by atoms with van der Waals surface area (Å²) in [5, 5.41) is 9.23. The molecule has 2 aliphatic rings. The zero-order valence-electron chi connectivity index (χ0n) is 11.0. The molecule has 0 amide bonds. The summed E-state index contributed by atoms with van der Waals surface area (Å²) in [5.74, 6) is 0.119. The summed E-state index contributed by atoms with van der Waals surface area (Å²) in [7, 11) is 0. The van der Waals surface area contributed by atoms with E-state index in [1.165, 1.54) is 6.08 Å². The Kier molecular flexibility index (Phi) is 3.44. The maximum atomic E-state index is 11.4. The van der Waals surface area contributed by atoms with E-state index < -0.39 is 12.3 Å². The predicted molar refractivity (Wildman–Crippen MR) is 69.6 cm³/mol. The van der Waals surface area contributed by atoms with Gasteiger partial charge in [0.15, 0.2) is 0 Å². The number of hydrogen-bond donors (Lipinski definition) is 1. The van der Waals surface area contributed by atoms with Gasteiger partial charge in [0.1, 0.15) is 0 Å². The lowest BCUT2D eigenvalue weighted by atomic mass is 9.65. The minimum Gasteiger partial charge on any atom is -0.429 e. The van der Waals surface area contributed by atoms with Crippen LogP contribution in [-0.2, 0) is 9.53 Å². The lowest BCUT2D eigenvalue weighted by Crippen LogP contribution is -2.29. The third-order valence-electron chi connectivity index (χ3n) is 4.38. The fourth-order valence-corrected chi connectivity index (χ4v) is 2.63. The first-order valence-electron chi connectivity index (χ1n) is 6.39. The topological polar surface area (TPSA) is 46.5 Å². The van der Waals surface area contributed by atoms with Crippen molar-refractivity contribution in [3.05, 3.63) is 36.0 Å². The minimum atomic E-state index is -1.06. The van der Waals surface area contributed by atoms with Crippen molar-refractivity contribution < 1.29 is 14.6 Å². The Morgan fingerprint density at radius 2 is 2.33 bits per heavy atom. The van der Waals surface area contributed by atoms with Gasteiger partial charge in [0.25, 0.3) is 0 Å². The van der Waals surface area contributed by atoms with Gasteiger partial charge in [-0.3, -0.25) is 0 Å². The molecule has 98 valence electrons. The lowest BCUT2D eigenvalue weighted by Gasteiger charge is -2.39. The highest BCUT2D eigenvalue weighted by Gasteiger charge is 2.35. The molecule has 2 rings (SSSR count). The summed E-state index contributed by atoms with van der Waals surface area (Å²) in [6.07, 6.45) is 7.19. The third kappa shape index (κ3) is 2.27. The van der Waals surface area contributed by atoms with Gasteiger partial charge in [-0.05, 0) is 42.2 Å². The van der Waals surface area contributed by atoms with E-state index in [0.29, 0.717) is 17.9 Å². The maximum Gasteiger partial charge on any atom is 0.336 e. The number of hydrogen-bond acceptors (Lipinski definition) is 3. The van der Waals surface area contributed by atoms with Crippen LogP contribution < -0.4 is 0 Å². The SMILES string of the molecule is C=C1C=CC[C@@H](C)[C@@]1(C)CCC1=CC(O)OC1=O. The lowest BCUT2D eigenvalue weighted by molar-refractivity contribution is -0.151. The first-order chi connectivity index (χ1) is 8.43. The Bertz CT molecular complexity index is 433. The Balaban J connectivity index is 2.05. The van der Waals surface area contributed by atoms with Crippen molar-refractivity contribution in [3.63, 3.8) is 0 Å². The van der Waals surface area contributed by atoms with Crippen LogP contribution in [-0.4, -0.2) is 17.4 Å². The zero-order valence-corrected chi connectivity index (χ0v) is 11.0. The Morgan fingerprint density at radius 3 is 2.89 bits per heavy atom. The van der Waals surface area contributed by atoms with Crippen LogP contribution in [0.1, 0.15) is 33.1 Å². The maximum absolute atomic E-state index is 11.4. The molecule has 18 heavy (non-hydrogen) atoms. The Labute approximate surface area is 108 Å². The van der Waals surface area contributed by atoms with E-state index >= 15 is 0 Å². The molecule has 1 aliphatic heterocycles. The van der Waals surface area contributed by atoms with Gasteiger partial charge in [0, 0.05) is 5.57 Å². The van der Waals surface area contributed by atoms with E-state index in [9.17, 15) is 9.90 Å². The molecule has 3 heteroatoms. The Hall–Kier alpha value is -1.35. The number of carbonyl (C=O) groups excluding carboxylic acids is 1. The summed E-state index contributed by atoms with van der Waals surface area (Å²) >= 11 is 0. The molecule has 3 nitrogen and oxygen atoms in total. The van der Waals surface area contributed by atoms with Gasteiger partial charge in [0.2, 0.25) is 6.29 Å². The van der Waals surface area contributed by atoms with Crippen LogP contribution in [0.3, 0.4) is 0 Å². The molecule has 0 saturated carbocycles. The van der Waals surface area contributed by atoms with Crippen molar-refractivity contribution in [2.24, 2.45) is 11.3 Å². The highest BCUT2D eigenvalue weighted by Crippen LogP contribution is 2.45. The van der Waals surface area contributed by atoms with Crippen LogP contribution >= 0.6 is 0 Å². The first-order valence-corrected chi connectivity index (χ1v) is 6.39. The van der Waals surface area contributed by atoms with Gasteiger partial charge in [0.05, 0.1) is 0 Å². The first kappa shape index (κ1) is 13.1. The standard InChI is InChI=1S/C15H20O3/c1-10-5-4-6-11(2)15(10,3)8-7-12-9-13(16)18-14(12)17/h4-5,9,11,13,16H,1,6-8H2,2-3H3/t11-,13?,15+/m1/s1. The molecule has 0 spiro atoms. The van der Waals surface area contributed by atoms with Crippen molar-refractivity contribution in [2.75, 3.05) is 0 Å². The van der Waals surface area contributed by atoms with Crippen LogP contribution in [0, 0.1) is 11.3 Å². The van der Waals surface area contributed by atoms with Crippen molar-refractivity contribution >= 4 is 5.97 Å². The van der Waals surface area contributed by atoms with Crippen molar-refractivity contribution in [2.45, 2.75) is 39.4 Å². The number of ether oxygens (including phenoxy) is 1. The van der Waals surface area contributed by atoms with E-state index in [1.54, 1.807) is 0 Å². The van der Waals surface area contributed by atoms with Gasteiger partial charge in [-0.15, -0.1) is 0 Å². The molecule has 0 bridgehead atoms. The number of esters is 1. The number of cyclic esters (lactones) is 1. The van der Waals surface area contributed by atoms with E-state index in [-0.39, 0.29) is 5.41 Å². The number of aliphatic hydroxyl groups is 1. The predicted octanol–water partition coefficient (Wildman–Crippen LogP) is 2.73. The minimum absolute atomic E-state index is 0.0173. The molecule has 1 unspecified atom stereocenters. The molecule has 0 radical (unpaired) electrons. The molecule has 1 N–H and O–H groups in total. The largest absolute Gasteiger partial charge is 0.429 e. The number of aliphatic hydroxyl groups excluding tert-OH is 1. The molecule has 0 saturated heterocycles. The van der Waals surface area contributed by atoms with E-state index in [4.69, 9.17) is 0 Å². The summed E-state index contributed by atoms with van der Waals surface area (Å²) in [4.78, 5) is 11.4. The highest BCUT2D eigenvalue weighted by atomic mass is 16.6. The second kappa shape index (κ2) is 4.73. The van der Waals surface area contributed by atoms with Gasteiger partial charge in [-0.1, -0.05) is 32.6 Å². The summed E-state index contributed by atoms with van der Waals surface area (Å²) < 4.78 is 4.69. The summed E-state index contributed by atoms with van der Waals surface area (Å²) in [5.41, 5.74) is 1.72. The molecule has 1 heterocycles. The normalized spacial score (nSPS) is 35.6. The van der Waals surface area contributed by atoms with E-state index in [1.807, 2.05) is 0 Å². The smallest absolute Gasteiger partial charge is 0.336 e. The molecule has 3 atom stereocenters. The number of carbonyl (C=O) groups is 1. The quantitative estimate of drug-likeness (QED) is 0.781. The van der Waals surface area contributed by atoms with Crippen molar-refractivity contribution in [1.82, 2.24) is 0 Å². The van der Waals surface area contributed by atoms with E-state index in [2.05, 4.69) is 37.3 Å². The summed E-state index contributed by atoms with van der Waals surface area (Å²) in [6, 6.07) is 0. The molecule has 1 aliphatic carbocycles. The van der Waals surface area contributed by atoms with Crippen molar-refractivity contribution in [1.29, 1.82) is 0 Å². The van der Waals surface area contributed by atoms with Gasteiger partial charge in [-0.2, -0.15) is 0 Å². The van der Waals surface area contributed by atoms with Gasteiger partial charge in [-0.25, -0.2) is 4.79 Å². The second-order valence-electron chi connectivity index (χ2n) is 5.47. The molecule has 0 aromatic heterocycles. The molecular formula is C15H20O3. The van der Waals surface area contributed by atoms with Crippen molar-refractivity contribution in [3.8, 4) is 0 Å². The number of allylic oxidation sites excluding steroid dienone is 3. The molecule has 0 aromatic rings. The van der Waals surface area contributed by atoms with Crippen LogP contribution in [0.25, 0.3) is 0 Å². The van der Waals surface area contributed by atoms with Gasteiger partial charge < -0.3 is 9.84 Å². The van der Waals surface area contributed by atoms with Crippen LogP contribution in [0.15, 0.2) is 36.0 Å². The fourth-order valence-electron chi connectivity index (χ4n) is 2.63. The van der Waals surface area contributed by atoms with Crippen LogP contribution in [0.5, 0.6) is 0 Å². The average molecular weight is 248 g/mol. The molecular weight excluding hydrogens is 228 g/mol. The monoisotopic (exact) mass is 248 g/mol. The van der Waals surface area contributed by atoms with Crippen LogP contribution in [0.4, 0.5) is 0 Å². The zero-order chi connectivity index (χ0) is 13.3. The fraction of sp³-hybridized carbons (Fsp3) is 0.533. The third-order valence-corrected chi connectivity index (χ3v) is 4.38.